The monoisotopic (exact) mass is 352 g/mol. The van der Waals surface area contributed by atoms with Gasteiger partial charge in [-0.3, -0.25) is 4.79 Å². The van der Waals surface area contributed by atoms with Gasteiger partial charge in [-0.15, -0.1) is 0 Å². The van der Waals surface area contributed by atoms with Crippen LogP contribution in [0, 0.1) is 13.8 Å². The zero-order valence-electron chi connectivity index (χ0n) is 14.2. The van der Waals surface area contributed by atoms with Crippen LogP contribution >= 0.6 is 0 Å². The number of benzene rings is 1. The van der Waals surface area contributed by atoms with Crippen molar-refractivity contribution in [3.8, 4) is 0 Å². The Labute approximate surface area is 143 Å². The molecule has 2 fully saturated rings. The summed E-state index contributed by atoms with van der Waals surface area (Å²) in [5.74, 6) is -0.00344. The molecule has 0 saturated carbocycles. The van der Waals surface area contributed by atoms with Crippen molar-refractivity contribution in [1.82, 2.24) is 9.21 Å². The lowest BCUT2D eigenvalue weighted by molar-refractivity contribution is -0.142. The van der Waals surface area contributed by atoms with Crippen LogP contribution in [-0.4, -0.2) is 62.4 Å². The highest BCUT2D eigenvalue weighted by atomic mass is 32.2. The summed E-state index contributed by atoms with van der Waals surface area (Å²) in [6.45, 7) is 5.82. The Kier molecular flexibility index (Phi) is 4.94. The van der Waals surface area contributed by atoms with Gasteiger partial charge in [0.1, 0.15) is 6.10 Å². The van der Waals surface area contributed by atoms with Crippen LogP contribution < -0.4 is 0 Å². The molecular formula is C17H24N2O4S. The summed E-state index contributed by atoms with van der Waals surface area (Å²) in [5.41, 5.74) is 1.67. The van der Waals surface area contributed by atoms with Crippen molar-refractivity contribution in [2.45, 2.75) is 37.7 Å². The molecule has 2 saturated heterocycles. The molecule has 132 valence electrons. The highest BCUT2D eigenvalue weighted by Gasteiger charge is 2.34. The number of sulfonamides is 1. The molecule has 1 aromatic carbocycles. The summed E-state index contributed by atoms with van der Waals surface area (Å²) < 4.78 is 32.7. The number of hydrogen-bond acceptors (Lipinski definition) is 4. The van der Waals surface area contributed by atoms with Crippen LogP contribution in [0.25, 0.3) is 0 Å². The summed E-state index contributed by atoms with van der Waals surface area (Å²) in [6, 6.07) is 5.46. The molecule has 0 radical (unpaired) electrons. The van der Waals surface area contributed by atoms with Gasteiger partial charge in [0, 0.05) is 32.8 Å². The molecule has 3 rings (SSSR count). The van der Waals surface area contributed by atoms with E-state index in [9.17, 15) is 13.2 Å². The molecule has 1 amide bonds. The molecule has 2 aliphatic heterocycles. The van der Waals surface area contributed by atoms with E-state index in [4.69, 9.17) is 4.74 Å². The Morgan fingerprint density at radius 2 is 1.88 bits per heavy atom. The molecular weight excluding hydrogens is 328 g/mol. The zero-order chi connectivity index (χ0) is 17.3. The third kappa shape index (κ3) is 3.34. The smallest absolute Gasteiger partial charge is 0.251 e. The summed E-state index contributed by atoms with van der Waals surface area (Å²) in [6.07, 6.45) is 1.34. The van der Waals surface area contributed by atoms with Crippen molar-refractivity contribution in [3.63, 3.8) is 0 Å². The van der Waals surface area contributed by atoms with Crippen LogP contribution in [0.3, 0.4) is 0 Å². The predicted molar refractivity (Wildman–Crippen MR) is 90.2 cm³/mol. The first kappa shape index (κ1) is 17.4. The topological polar surface area (TPSA) is 66.9 Å². The second kappa shape index (κ2) is 6.82. The third-order valence-electron chi connectivity index (χ3n) is 4.72. The minimum Gasteiger partial charge on any atom is -0.368 e. The first-order valence-electron chi connectivity index (χ1n) is 8.37. The van der Waals surface area contributed by atoms with E-state index in [-0.39, 0.29) is 12.0 Å². The van der Waals surface area contributed by atoms with E-state index in [1.165, 1.54) is 4.31 Å². The minimum atomic E-state index is -3.52. The number of rotatable bonds is 3. The standard InChI is InChI=1S/C17H24N2O4S/c1-13-5-6-14(2)16(12-13)24(21,22)19-9-7-18(8-10-19)17(20)15-4-3-11-23-15/h5-6,12,15H,3-4,7-11H2,1-2H3. The Hall–Kier alpha value is -1.44. The van der Waals surface area contributed by atoms with Crippen LogP contribution in [0.4, 0.5) is 0 Å². The van der Waals surface area contributed by atoms with E-state index >= 15 is 0 Å². The van der Waals surface area contributed by atoms with Crippen molar-refractivity contribution < 1.29 is 17.9 Å². The number of carbonyl (C=O) groups excluding carboxylic acids is 1. The van der Waals surface area contributed by atoms with Gasteiger partial charge in [0.2, 0.25) is 10.0 Å². The summed E-state index contributed by atoms with van der Waals surface area (Å²) in [5, 5.41) is 0. The SMILES string of the molecule is Cc1ccc(C)c(S(=O)(=O)N2CCN(C(=O)C3CCCO3)CC2)c1. The van der Waals surface area contributed by atoms with E-state index < -0.39 is 10.0 Å². The summed E-state index contributed by atoms with van der Waals surface area (Å²) >= 11 is 0. The lowest BCUT2D eigenvalue weighted by Gasteiger charge is -2.35. The Morgan fingerprint density at radius 1 is 1.17 bits per heavy atom. The van der Waals surface area contributed by atoms with Gasteiger partial charge in [-0.05, 0) is 43.9 Å². The highest BCUT2D eigenvalue weighted by Crippen LogP contribution is 2.23. The van der Waals surface area contributed by atoms with Crippen molar-refractivity contribution in [2.75, 3.05) is 32.8 Å². The van der Waals surface area contributed by atoms with Gasteiger partial charge < -0.3 is 9.64 Å². The Bertz CT molecular complexity index is 718. The Morgan fingerprint density at radius 3 is 2.50 bits per heavy atom. The second-order valence-electron chi connectivity index (χ2n) is 6.50. The lowest BCUT2D eigenvalue weighted by Crippen LogP contribution is -2.52. The predicted octanol–water partition coefficient (Wildman–Crippen LogP) is 1.32. The molecule has 0 aromatic heterocycles. The molecule has 0 aliphatic carbocycles. The fourth-order valence-electron chi connectivity index (χ4n) is 3.25. The fraction of sp³-hybridized carbons (Fsp3) is 0.588. The van der Waals surface area contributed by atoms with Crippen molar-refractivity contribution in [3.05, 3.63) is 29.3 Å². The number of carbonyl (C=O) groups is 1. The number of ether oxygens (including phenoxy) is 1. The summed E-state index contributed by atoms with van der Waals surface area (Å²) in [4.78, 5) is 14.4. The molecule has 0 bridgehead atoms. The highest BCUT2D eigenvalue weighted by molar-refractivity contribution is 7.89. The minimum absolute atomic E-state index is 0.00344. The van der Waals surface area contributed by atoms with Crippen LogP contribution in [0.1, 0.15) is 24.0 Å². The van der Waals surface area contributed by atoms with Gasteiger partial charge in [-0.2, -0.15) is 4.31 Å². The van der Waals surface area contributed by atoms with Gasteiger partial charge >= 0.3 is 0 Å². The fourth-order valence-corrected chi connectivity index (χ4v) is 4.98. The van der Waals surface area contributed by atoms with E-state index in [2.05, 4.69) is 0 Å². The second-order valence-corrected chi connectivity index (χ2v) is 8.41. The third-order valence-corrected chi connectivity index (χ3v) is 6.76. The number of aryl methyl sites for hydroxylation is 2. The van der Waals surface area contributed by atoms with Crippen LogP contribution in [0.2, 0.25) is 0 Å². The number of hydrogen-bond donors (Lipinski definition) is 0. The van der Waals surface area contributed by atoms with Gasteiger partial charge in [0.15, 0.2) is 0 Å². The Balaban J connectivity index is 1.69. The van der Waals surface area contributed by atoms with Crippen molar-refractivity contribution in [2.24, 2.45) is 0 Å². The molecule has 6 nitrogen and oxygen atoms in total. The van der Waals surface area contributed by atoms with E-state index in [1.807, 2.05) is 26.0 Å². The molecule has 2 heterocycles. The van der Waals surface area contributed by atoms with Crippen molar-refractivity contribution in [1.29, 1.82) is 0 Å². The first-order valence-corrected chi connectivity index (χ1v) is 9.81. The molecule has 1 atom stereocenters. The van der Waals surface area contributed by atoms with Crippen LogP contribution in [0.5, 0.6) is 0 Å². The maximum atomic E-state index is 12.9. The van der Waals surface area contributed by atoms with E-state index in [0.29, 0.717) is 37.7 Å². The summed E-state index contributed by atoms with van der Waals surface area (Å²) in [7, 11) is -3.52. The maximum Gasteiger partial charge on any atom is 0.251 e. The number of amides is 1. The number of piperazine rings is 1. The number of nitrogens with zero attached hydrogens (tertiary/aromatic N) is 2. The van der Waals surface area contributed by atoms with Gasteiger partial charge in [0.25, 0.3) is 5.91 Å². The van der Waals surface area contributed by atoms with Gasteiger partial charge in [-0.1, -0.05) is 12.1 Å². The van der Waals surface area contributed by atoms with Gasteiger partial charge in [0.05, 0.1) is 4.90 Å². The molecule has 1 unspecified atom stereocenters. The van der Waals surface area contributed by atoms with Crippen LogP contribution in [0.15, 0.2) is 23.1 Å². The maximum absolute atomic E-state index is 12.9. The molecule has 24 heavy (non-hydrogen) atoms. The quantitative estimate of drug-likeness (QED) is 0.823. The normalized spacial score (nSPS) is 22.8. The molecule has 0 N–H and O–H groups in total. The zero-order valence-corrected chi connectivity index (χ0v) is 15.0. The van der Waals surface area contributed by atoms with E-state index in [1.54, 1.807) is 11.0 Å². The van der Waals surface area contributed by atoms with Crippen LogP contribution in [-0.2, 0) is 19.6 Å². The molecule has 0 spiro atoms. The van der Waals surface area contributed by atoms with Crippen molar-refractivity contribution >= 4 is 15.9 Å². The van der Waals surface area contributed by atoms with E-state index in [0.717, 1.165) is 24.0 Å². The largest absolute Gasteiger partial charge is 0.368 e. The average molecular weight is 352 g/mol. The average Bonchev–Trinajstić information content (AvgIpc) is 3.11. The molecule has 7 heteroatoms. The first-order chi connectivity index (χ1) is 11.4. The lowest BCUT2D eigenvalue weighted by atomic mass is 10.2. The molecule has 1 aromatic rings. The van der Waals surface area contributed by atoms with Gasteiger partial charge in [-0.25, -0.2) is 8.42 Å². The molecule has 2 aliphatic rings.